The predicted molar refractivity (Wildman–Crippen MR) is 178 cm³/mol. The highest BCUT2D eigenvalue weighted by Crippen LogP contribution is 2.33. The summed E-state index contributed by atoms with van der Waals surface area (Å²) in [6, 6.07) is 24.1. The Balaban J connectivity index is 1.47. The van der Waals surface area contributed by atoms with Crippen LogP contribution >= 0.6 is 11.8 Å². The summed E-state index contributed by atoms with van der Waals surface area (Å²) in [6.45, 7) is 11.4. The molecule has 1 N–H and O–H groups in total. The summed E-state index contributed by atoms with van der Waals surface area (Å²) in [4.78, 5) is 25.2. The number of anilines is 1. The Morgan fingerprint density at radius 3 is 1.98 bits per heavy atom. The molecule has 1 fully saturated rings. The highest BCUT2D eigenvalue weighted by atomic mass is 32.2. The van der Waals surface area contributed by atoms with Gasteiger partial charge in [0.15, 0.2) is 5.12 Å². The van der Waals surface area contributed by atoms with Crippen molar-refractivity contribution in [2.45, 2.75) is 84.0 Å². The van der Waals surface area contributed by atoms with E-state index in [1.165, 1.54) is 49.4 Å². The third-order valence-corrected chi connectivity index (χ3v) is 9.13. The third kappa shape index (κ3) is 9.62. The molecule has 3 aromatic carbocycles. The molecule has 1 amide bonds. The fourth-order valence-corrected chi connectivity index (χ4v) is 6.03. The van der Waals surface area contributed by atoms with Gasteiger partial charge < -0.3 is 14.8 Å². The average molecular weight is 602 g/mol. The number of ether oxygens (including phenoxy) is 2. The zero-order valence-electron chi connectivity index (χ0n) is 26.4. The topological polar surface area (TPSA) is 64.6 Å². The third-order valence-electron chi connectivity index (χ3n) is 8.35. The second-order valence-electron chi connectivity index (χ2n) is 13.0. The van der Waals surface area contributed by atoms with Crippen molar-refractivity contribution in [3.05, 3.63) is 89.5 Å². The van der Waals surface area contributed by atoms with Gasteiger partial charge in [-0.15, -0.1) is 0 Å². The molecule has 0 bridgehead atoms. The van der Waals surface area contributed by atoms with Crippen LogP contribution in [0.25, 0.3) is 0 Å². The van der Waals surface area contributed by atoms with Crippen molar-refractivity contribution in [2.75, 3.05) is 24.3 Å². The van der Waals surface area contributed by atoms with Crippen molar-refractivity contribution < 1.29 is 19.1 Å². The molecule has 6 heteroatoms. The Bertz CT molecular complexity index is 1320. The molecule has 1 aliphatic carbocycles. The van der Waals surface area contributed by atoms with Crippen LogP contribution < -0.4 is 14.8 Å². The van der Waals surface area contributed by atoms with Crippen LogP contribution in [0.4, 0.5) is 5.69 Å². The smallest absolute Gasteiger partial charge is 0.235 e. The van der Waals surface area contributed by atoms with Gasteiger partial charge >= 0.3 is 0 Å². The molecule has 0 spiro atoms. The second-order valence-corrected chi connectivity index (χ2v) is 14.2. The lowest BCUT2D eigenvalue weighted by molar-refractivity contribution is -0.121. The van der Waals surface area contributed by atoms with E-state index in [1.54, 1.807) is 6.92 Å². The van der Waals surface area contributed by atoms with Gasteiger partial charge in [-0.05, 0) is 90.6 Å². The number of benzene rings is 3. The molecule has 1 unspecified atom stereocenters. The van der Waals surface area contributed by atoms with Crippen molar-refractivity contribution >= 4 is 28.5 Å². The fourth-order valence-electron chi connectivity index (χ4n) is 5.58. The number of amides is 1. The van der Waals surface area contributed by atoms with Crippen LogP contribution in [0.1, 0.15) is 83.4 Å². The first-order valence-corrected chi connectivity index (χ1v) is 16.5. The molecule has 0 aliphatic heterocycles. The Labute approximate surface area is 262 Å². The van der Waals surface area contributed by atoms with E-state index in [1.807, 2.05) is 55.5 Å². The van der Waals surface area contributed by atoms with Gasteiger partial charge in [0.1, 0.15) is 11.5 Å². The number of thioether (sulfide) groups is 1. The Kier molecular flexibility index (Phi) is 11.4. The average Bonchev–Trinajstić information content (AvgIpc) is 3.00. The summed E-state index contributed by atoms with van der Waals surface area (Å²) in [5.41, 5.74) is 3.19. The maximum absolute atomic E-state index is 14.0. The maximum atomic E-state index is 14.0. The van der Waals surface area contributed by atoms with Crippen LogP contribution in [0.15, 0.2) is 72.8 Å². The quantitative estimate of drug-likeness (QED) is 0.210. The summed E-state index contributed by atoms with van der Waals surface area (Å²) in [7, 11) is 0. The zero-order chi connectivity index (χ0) is 30.9. The van der Waals surface area contributed by atoms with E-state index in [-0.39, 0.29) is 16.4 Å². The lowest BCUT2D eigenvalue weighted by Gasteiger charge is -2.30. The SMILES string of the molecule is CC(=O)SCCOc1ccc(CC(C)(C(=O)Nc2ccc(OCC3CCCCC3)cc2)c2ccc(C(C)(C)C)cc2)cc1. The number of hydrogen-bond donors (Lipinski definition) is 1. The summed E-state index contributed by atoms with van der Waals surface area (Å²) < 4.78 is 11.9. The molecule has 0 radical (unpaired) electrons. The van der Waals surface area contributed by atoms with E-state index in [0.717, 1.165) is 34.9 Å². The molecule has 0 heterocycles. The van der Waals surface area contributed by atoms with Gasteiger partial charge in [0.25, 0.3) is 0 Å². The van der Waals surface area contributed by atoms with E-state index in [2.05, 4.69) is 50.4 Å². The van der Waals surface area contributed by atoms with E-state index >= 15 is 0 Å². The van der Waals surface area contributed by atoms with Crippen molar-refractivity contribution in [2.24, 2.45) is 5.92 Å². The Hall–Kier alpha value is -3.25. The number of carbonyl (C=O) groups is 2. The molecule has 5 nitrogen and oxygen atoms in total. The highest BCUT2D eigenvalue weighted by molar-refractivity contribution is 8.13. The first kappa shape index (κ1) is 32.7. The van der Waals surface area contributed by atoms with Gasteiger partial charge in [0, 0.05) is 18.4 Å². The predicted octanol–water partition coefficient (Wildman–Crippen LogP) is 8.74. The summed E-state index contributed by atoms with van der Waals surface area (Å²) in [5, 5.41) is 3.27. The highest BCUT2D eigenvalue weighted by Gasteiger charge is 2.36. The number of carbonyl (C=O) groups excluding carboxylic acids is 2. The zero-order valence-corrected chi connectivity index (χ0v) is 27.2. The molecule has 4 rings (SSSR count). The second kappa shape index (κ2) is 15.0. The first-order valence-electron chi connectivity index (χ1n) is 15.5. The molecular weight excluding hydrogens is 554 g/mol. The molecule has 43 heavy (non-hydrogen) atoms. The van der Waals surface area contributed by atoms with Crippen molar-refractivity contribution in [3.63, 3.8) is 0 Å². The van der Waals surface area contributed by atoms with Gasteiger partial charge in [-0.2, -0.15) is 0 Å². The van der Waals surface area contributed by atoms with Crippen LogP contribution in [0, 0.1) is 5.92 Å². The Morgan fingerprint density at radius 2 is 1.37 bits per heavy atom. The molecular formula is C37H47NO4S. The van der Waals surface area contributed by atoms with Crippen LogP contribution in [0.3, 0.4) is 0 Å². The standard InChI is InChI=1S/C37H47NO4S/c1-27(39)43-24-23-41-33-19-11-28(12-20-33)25-37(5,31-15-13-30(14-16-31)36(2,3)4)35(40)38-32-17-21-34(22-18-32)42-26-29-9-7-6-8-10-29/h11-22,29H,6-10,23-26H2,1-5H3,(H,38,40). The van der Waals surface area contributed by atoms with E-state index < -0.39 is 5.41 Å². The molecule has 0 saturated heterocycles. The summed E-state index contributed by atoms with van der Waals surface area (Å²) >= 11 is 1.26. The fraction of sp³-hybridized carbons (Fsp3) is 0.459. The monoisotopic (exact) mass is 601 g/mol. The van der Waals surface area contributed by atoms with Crippen molar-refractivity contribution in [3.8, 4) is 11.5 Å². The van der Waals surface area contributed by atoms with Crippen LogP contribution in [0.2, 0.25) is 0 Å². The minimum atomic E-state index is -0.812. The molecule has 230 valence electrons. The normalized spacial score (nSPS) is 15.4. The molecule has 1 atom stereocenters. The summed E-state index contributed by atoms with van der Waals surface area (Å²) in [6.07, 6.45) is 6.97. The maximum Gasteiger partial charge on any atom is 0.235 e. The Morgan fingerprint density at radius 1 is 0.791 bits per heavy atom. The number of nitrogens with one attached hydrogen (secondary N) is 1. The number of hydrogen-bond acceptors (Lipinski definition) is 5. The molecule has 1 aliphatic rings. The van der Waals surface area contributed by atoms with Gasteiger partial charge in [-0.1, -0.05) is 88.2 Å². The van der Waals surface area contributed by atoms with Crippen molar-refractivity contribution in [1.82, 2.24) is 0 Å². The van der Waals surface area contributed by atoms with Gasteiger partial charge in [0.2, 0.25) is 5.91 Å². The van der Waals surface area contributed by atoms with Crippen LogP contribution in [-0.2, 0) is 26.8 Å². The largest absolute Gasteiger partial charge is 0.493 e. The minimum absolute atomic E-state index is 0.0246. The lowest BCUT2D eigenvalue weighted by atomic mass is 9.75. The van der Waals surface area contributed by atoms with Crippen LogP contribution in [-0.4, -0.2) is 30.0 Å². The number of rotatable bonds is 12. The van der Waals surface area contributed by atoms with Gasteiger partial charge in [0.05, 0.1) is 18.6 Å². The van der Waals surface area contributed by atoms with E-state index in [4.69, 9.17) is 9.47 Å². The lowest BCUT2D eigenvalue weighted by Crippen LogP contribution is -2.39. The molecule has 1 saturated carbocycles. The van der Waals surface area contributed by atoms with Gasteiger partial charge in [-0.25, -0.2) is 0 Å². The molecule has 0 aromatic heterocycles. The molecule has 3 aromatic rings. The van der Waals surface area contributed by atoms with Crippen LogP contribution in [0.5, 0.6) is 11.5 Å². The van der Waals surface area contributed by atoms with Crippen molar-refractivity contribution in [1.29, 1.82) is 0 Å². The van der Waals surface area contributed by atoms with Gasteiger partial charge in [-0.3, -0.25) is 9.59 Å². The summed E-state index contributed by atoms with van der Waals surface area (Å²) in [5.74, 6) is 2.79. The first-order chi connectivity index (χ1) is 20.5. The minimum Gasteiger partial charge on any atom is -0.493 e. The van der Waals surface area contributed by atoms with E-state index in [9.17, 15) is 9.59 Å². The van der Waals surface area contributed by atoms with E-state index in [0.29, 0.717) is 24.7 Å².